The Morgan fingerprint density at radius 2 is 2.15 bits per heavy atom. The molecule has 0 saturated carbocycles. The highest BCUT2D eigenvalue weighted by Crippen LogP contribution is 2.27. The lowest BCUT2D eigenvalue weighted by atomic mass is 10.0. The summed E-state index contributed by atoms with van der Waals surface area (Å²) in [6.07, 6.45) is 8.10. The lowest BCUT2D eigenvalue weighted by molar-refractivity contribution is -0.121. The molecule has 2 aromatic rings. The number of nitrogens with zero attached hydrogens (tertiary/aromatic N) is 1. The summed E-state index contributed by atoms with van der Waals surface area (Å²) in [4.78, 5) is 18.1. The van der Waals surface area contributed by atoms with Crippen LogP contribution in [0.5, 0.6) is 5.75 Å². The van der Waals surface area contributed by atoms with E-state index >= 15 is 0 Å². The predicted octanol–water partition coefficient (Wildman–Crippen LogP) is 4.24. The van der Waals surface area contributed by atoms with E-state index in [-0.39, 0.29) is 5.91 Å². The molecule has 0 radical (unpaired) electrons. The number of carbonyl (C=O) groups is 1. The number of fused-ring (bicyclic) bond motifs is 1. The Morgan fingerprint density at radius 1 is 1.27 bits per heavy atom. The molecule has 1 aliphatic rings. The van der Waals surface area contributed by atoms with Crippen molar-refractivity contribution in [1.29, 1.82) is 0 Å². The van der Waals surface area contributed by atoms with E-state index in [0.717, 1.165) is 38.0 Å². The number of thiazole rings is 1. The number of aromatic nitrogens is 1. The summed E-state index contributed by atoms with van der Waals surface area (Å²) < 4.78 is 5.67. The normalized spacial score (nSPS) is 13.3. The molecule has 3 rings (SSSR count). The Hall–Kier alpha value is -1.88. The third-order valence-electron chi connectivity index (χ3n) is 4.59. The average Bonchev–Trinajstić information content (AvgIpc) is 3.05. The molecular formula is C21H28N2O2S. The molecule has 1 amide bonds. The number of hydrogen-bond donors (Lipinski definition) is 1. The first-order chi connectivity index (χ1) is 12.7. The van der Waals surface area contributed by atoms with E-state index in [0.29, 0.717) is 13.0 Å². The van der Waals surface area contributed by atoms with E-state index in [1.807, 2.05) is 42.5 Å². The molecule has 1 aliphatic carbocycles. The maximum atomic E-state index is 11.9. The largest absolute Gasteiger partial charge is 0.494 e. The minimum Gasteiger partial charge on any atom is -0.494 e. The van der Waals surface area contributed by atoms with Crippen LogP contribution in [0.15, 0.2) is 24.3 Å². The van der Waals surface area contributed by atoms with Crippen molar-refractivity contribution in [1.82, 2.24) is 10.3 Å². The van der Waals surface area contributed by atoms with Crippen molar-refractivity contribution in [3.63, 3.8) is 0 Å². The Morgan fingerprint density at radius 3 is 3.00 bits per heavy atom. The van der Waals surface area contributed by atoms with Crippen LogP contribution in [0.2, 0.25) is 0 Å². The molecular weight excluding hydrogens is 344 g/mol. The number of aryl methyl sites for hydroxylation is 4. The molecule has 0 unspecified atom stereocenters. The number of hydrogen-bond acceptors (Lipinski definition) is 4. The third-order valence-corrected chi connectivity index (χ3v) is 5.80. The van der Waals surface area contributed by atoms with Gasteiger partial charge in [0.25, 0.3) is 0 Å². The van der Waals surface area contributed by atoms with E-state index < -0.39 is 0 Å². The number of carbonyl (C=O) groups excluding carboxylic acids is 1. The second kappa shape index (κ2) is 9.72. The smallest absolute Gasteiger partial charge is 0.220 e. The molecule has 1 aromatic carbocycles. The Bertz CT molecular complexity index is 703. The number of ether oxygens (including phenoxy) is 1. The molecule has 1 heterocycles. The molecule has 140 valence electrons. The zero-order valence-electron chi connectivity index (χ0n) is 15.6. The zero-order valence-corrected chi connectivity index (χ0v) is 16.4. The summed E-state index contributed by atoms with van der Waals surface area (Å²) in [5.41, 5.74) is 2.51. The van der Waals surface area contributed by atoms with Gasteiger partial charge in [-0.2, -0.15) is 0 Å². The van der Waals surface area contributed by atoms with Crippen LogP contribution < -0.4 is 10.1 Å². The average molecular weight is 373 g/mol. The summed E-state index contributed by atoms with van der Waals surface area (Å²) in [6, 6.07) is 7.98. The van der Waals surface area contributed by atoms with Crippen molar-refractivity contribution in [3.05, 3.63) is 45.4 Å². The first-order valence-corrected chi connectivity index (χ1v) is 10.5. The Kier molecular flexibility index (Phi) is 7.06. The van der Waals surface area contributed by atoms with Crippen molar-refractivity contribution in [2.24, 2.45) is 0 Å². The summed E-state index contributed by atoms with van der Waals surface area (Å²) >= 11 is 1.87. The zero-order chi connectivity index (χ0) is 18.2. The maximum absolute atomic E-state index is 11.9. The predicted molar refractivity (Wildman–Crippen MR) is 106 cm³/mol. The van der Waals surface area contributed by atoms with Crippen LogP contribution in [0.1, 0.15) is 53.2 Å². The standard InChI is InChI=1S/C21H28N2O2S/c1-16-7-4-8-17(15-16)25-14-6-11-20(24)22-13-5-12-21-23-18-9-2-3-10-19(18)26-21/h4,7-8,15H,2-3,5-6,9-14H2,1H3,(H,22,24). The fourth-order valence-corrected chi connectivity index (χ4v) is 4.39. The molecule has 5 heteroatoms. The molecule has 26 heavy (non-hydrogen) atoms. The first kappa shape index (κ1) is 18.9. The quantitative estimate of drug-likeness (QED) is 0.670. The minimum absolute atomic E-state index is 0.108. The monoisotopic (exact) mass is 372 g/mol. The summed E-state index contributed by atoms with van der Waals surface area (Å²) in [6.45, 7) is 3.34. The van der Waals surface area contributed by atoms with Crippen LogP contribution >= 0.6 is 11.3 Å². The number of benzene rings is 1. The van der Waals surface area contributed by atoms with Crippen molar-refractivity contribution in [2.75, 3.05) is 13.2 Å². The second-order valence-corrected chi connectivity index (χ2v) is 8.07. The maximum Gasteiger partial charge on any atom is 0.220 e. The highest BCUT2D eigenvalue weighted by molar-refractivity contribution is 7.11. The highest BCUT2D eigenvalue weighted by atomic mass is 32.1. The summed E-state index contributed by atoms with van der Waals surface area (Å²) in [5.74, 6) is 0.979. The van der Waals surface area contributed by atoms with Gasteiger partial charge in [0, 0.05) is 24.3 Å². The van der Waals surface area contributed by atoms with Crippen molar-refractivity contribution in [2.45, 2.75) is 58.3 Å². The summed E-state index contributed by atoms with van der Waals surface area (Å²) in [5, 5.41) is 4.24. The molecule has 1 N–H and O–H groups in total. The van der Waals surface area contributed by atoms with Gasteiger partial charge in [-0.05, 0) is 63.1 Å². The van der Waals surface area contributed by atoms with E-state index in [1.165, 1.54) is 40.4 Å². The molecule has 4 nitrogen and oxygen atoms in total. The van der Waals surface area contributed by atoms with E-state index in [4.69, 9.17) is 9.72 Å². The third kappa shape index (κ3) is 5.84. The molecule has 0 saturated heterocycles. The van der Waals surface area contributed by atoms with Crippen molar-refractivity contribution < 1.29 is 9.53 Å². The lowest BCUT2D eigenvalue weighted by Gasteiger charge is -2.07. The van der Waals surface area contributed by atoms with Crippen molar-refractivity contribution >= 4 is 17.2 Å². The van der Waals surface area contributed by atoms with Gasteiger partial charge in [-0.1, -0.05) is 12.1 Å². The highest BCUT2D eigenvalue weighted by Gasteiger charge is 2.14. The van der Waals surface area contributed by atoms with Gasteiger partial charge >= 0.3 is 0 Å². The van der Waals surface area contributed by atoms with Gasteiger partial charge in [-0.25, -0.2) is 4.98 Å². The molecule has 0 atom stereocenters. The fraction of sp³-hybridized carbons (Fsp3) is 0.524. The van der Waals surface area contributed by atoms with Crippen LogP contribution in [0, 0.1) is 6.92 Å². The number of amides is 1. The van der Waals surface area contributed by atoms with Gasteiger partial charge in [0.05, 0.1) is 17.3 Å². The minimum atomic E-state index is 0.108. The van der Waals surface area contributed by atoms with Crippen LogP contribution in [0.25, 0.3) is 0 Å². The van der Waals surface area contributed by atoms with Gasteiger partial charge < -0.3 is 10.1 Å². The van der Waals surface area contributed by atoms with Gasteiger partial charge in [0.15, 0.2) is 0 Å². The molecule has 0 aliphatic heterocycles. The number of nitrogens with one attached hydrogen (secondary N) is 1. The van der Waals surface area contributed by atoms with Crippen molar-refractivity contribution in [3.8, 4) is 5.75 Å². The second-order valence-electron chi connectivity index (χ2n) is 6.91. The first-order valence-electron chi connectivity index (χ1n) is 9.64. The van der Waals surface area contributed by atoms with Crippen LogP contribution in [-0.4, -0.2) is 24.0 Å². The Labute approximate surface area is 160 Å². The van der Waals surface area contributed by atoms with Crippen LogP contribution in [0.3, 0.4) is 0 Å². The molecule has 0 spiro atoms. The SMILES string of the molecule is Cc1cccc(OCCCC(=O)NCCCc2nc3c(s2)CCCC3)c1. The van der Waals surface area contributed by atoms with E-state index in [9.17, 15) is 4.79 Å². The fourth-order valence-electron chi connectivity index (χ4n) is 3.20. The molecule has 0 bridgehead atoms. The number of rotatable bonds is 9. The molecule has 0 fully saturated rings. The van der Waals surface area contributed by atoms with Gasteiger partial charge in [0.1, 0.15) is 5.75 Å². The van der Waals surface area contributed by atoms with E-state index in [2.05, 4.69) is 5.32 Å². The van der Waals surface area contributed by atoms with E-state index in [1.54, 1.807) is 0 Å². The Balaban J connectivity index is 1.25. The molecule has 1 aromatic heterocycles. The lowest BCUT2D eigenvalue weighted by Crippen LogP contribution is -2.24. The van der Waals surface area contributed by atoms with Crippen LogP contribution in [-0.2, 0) is 24.1 Å². The van der Waals surface area contributed by atoms with Gasteiger partial charge in [0.2, 0.25) is 5.91 Å². The topological polar surface area (TPSA) is 51.2 Å². The van der Waals surface area contributed by atoms with Gasteiger partial charge in [-0.15, -0.1) is 11.3 Å². The summed E-state index contributed by atoms with van der Waals surface area (Å²) in [7, 11) is 0. The van der Waals surface area contributed by atoms with Gasteiger partial charge in [-0.3, -0.25) is 4.79 Å². The van der Waals surface area contributed by atoms with Crippen LogP contribution in [0.4, 0.5) is 0 Å².